The van der Waals surface area contributed by atoms with E-state index in [9.17, 15) is 5.11 Å². The van der Waals surface area contributed by atoms with Crippen LogP contribution in [-0.4, -0.2) is 30.7 Å². The molecule has 0 unspecified atom stereocenters. The van der Waals surface area contributed by atoms with Gasteiger partial charge in [-0.25, -0.2) is 0 Å². The maximum absolute atomic E-state index is 9.85. The van der Waals surface area contributed by atoms with E-state index in [1.54, 1.807) is 13.2 Å². The number of para-hydroxylation sites is 1. The van der Waals surface area contributed by atoms with Crippen molar-refractivity contribution in [3.8, 4) is 11.5 Å². The molecule has 84 valence electrons. The molecule has 3 nitrogen and oxygen atoms in total. The Labute approximate surface area is 91.3 Å². The maximum Gasteiger partial charge on any atom is 0.162 e. The topological polar surface area (TPSA) is 32.7 Å². The molecule has 1 rings (SSSR count). The van der Waals surface area contributed by atoms with Gasteiger partial charge in [0.1, 0.15) is 0 Å². The number of rotatable bonds is 5. The lowest BCUT2D eigenvalue weighted by Gasteiger charge is -2.17. The van der Waals surface area contributed by atoms with Crippen molar-refractivity contribution >= 4 is 0 Å². The number of hydrogen-bond acceptors (Lipinski definition) is 3. The molecule has 0 atom stereocenters. The number of benzene rings is 1. The molecule has 1 N–H and O–H groups in total. The van der Waals surface area contributed by atoms with E-state index in [4.69, 9.17) is 4.74 Å². The van der Waals surface area contributed by atoms with Crippen LogP contribution in [-0.2, 0) is 6.54 Å². The highest BCUT2D eigenvalue weighted by Gasteiger charge is 2.08. The van der Waals surface area contributed by atoms with Crippen LogP contribution in [0.1, 0.15) is 18.9 Å². The highest BCUT2D eigenvalue weighted by Crippen LogP contribution is 2.29. The fraction of sp³-hybridized carbons (Fsp3) is 0.500. The molecule has 0 aliphatic rings. The molecule has 0 fully saturated rings. The molecule has 0 aromatic heterocycles. The predicted molar refractivity (Wildman–Crippen MR) is 61.3 cm³/mol. The third-order valence-electron chi connectivity index (χ3n) is 2.35. The van der Waals surface area contributed by atoms with Gasteiger partial charge in [0, 0.05) is 12.1 Å². The molecule has 0 aliphatic carbocycles. The largest absolute Gasteiger partial charge is 0.504 e. The SMILES string of the molecule is CCCN(C)Cc1cccc(OC)c1O. The van der Waals surface area contributed by atoms with Crippen molar-refractivity contribution in [3.63, 3.8) is 0 Å². The Bertz CT molecular complexity index is 312. The second-order valence-corrected chi connectivity index (χ2v) is 3.71. The Morgan fingerprint density at radius 2 is 2.13 bits per heavy atom. The fourth-order valence-electron chi connectivity index (χ4n) is 1.61. The van der Waals surface area contributed by atoms with Crippen LogP contribution in [0.25, 0.3) is 0 Å². The number of methoxy groups -OCH3 is 1. The van der Waals surface area contributed by atoms with Crippen LogP contribution < -0.4 is 4.74 Å². The molecule has 0 saturated carbocycles. The average molecular weight is 209 g/mol. The Morgan fingerprint density at radius 1 is 1.40 bits per heavy atom. The van der Waals surface area contributed by atoms with Gasteiger partial charge in [-0.2, -0.15) is 0 Å². The van der Waals surface area contributed by atoms with E-state index in [1.165, 1.54) is 0 Å². The highest BCUT2D eigenvalue weighted by atomic mass is 16.5. The first kappa shape index (κ1) is 11.9. The Hall–Kier alpha value is -1.22. The molecule has 1 aromatic carbocycles. The van der Waals surface area contributed by atoms with Gasteiger partial charge in [-0.15, -0.1) is 0 Å². The van der Waals surface area contributed by atoms with Gasteiger partial charge >= 0.3 is 0 Å². The molecule has 0 saturated heterocycles. The lowest BCUT2D eigenvalue weighted by molar-refractivity contribution is 0.315. The van der Waals surface area contributed by atoms with E-state index >= 15 is 0 Å². The summed E-state index contributed by atoms with van der Waals surface area (Å²) in [6, 6.07) is 5.58. The highest BCUT2D eigenvalue weighted by molar-refractivity contribution is 5.45. The number of ether oxygens (including phenoxy) is 1. The summed E-state index contributed by atoms with van der Waals surface area (Å²) in [5, 5.41) is 9.85. The van der Waals surface area contributed by atoms with Crippen molar-refractivity contribution in [2.24, 2.45) is 0 Å². The fourth-order valence-corrected chi connectivity index (χ4v) is 1.61. The van der Waals surface area contributed by atoms with Crippen molar-refractivity contribution in [2.75, 3.05) is 20.7 Å². The zero-order chi connectivity index (χ0) is 11.3. The molecular formula is C12H19NO2. The summed E-state index contributed by atoms with van der Waals surface area (Å²) < 4.78 is 5.06. The lowest BCUT2D eigenvalue weighted by Crippen LogP contribution is -2.18. The zero-order valence-corrected chi connectivity index (χ0v) is 9.66. The van der Waals surface area contributed by atoms with Crippen molar-refractivity contribution in [2.45, 2.75) is 19.9 Å². The molecule has 0 spiro atoms. The van der Waals surface area contributed by atoms with Crippen LogP contribution >= 0.6 is 0 Å². The molecule has 0 radical (unpaired) electrons. The van der Waals surface area contributed by atoms with Crippen molar-refractivity contribution in [1.29, 1.82) is 0 Å². The lowest BCUT2D eigenvalue weighted by atomic mass is 10.1. The molecule has 0 heterocycles. The van der Waals surface area contributed by atoms with Crippen LogP contribution in [0.2, 0.25) is 0 Å². The molecular weight excluding hydrogens is 190 g/mol. The Kier molecular flexibility index (Phi) is 4.43. The van der Waals surface area contributed by atoms with Crippen LogP contribution in [0.15, 0.2) is 18.2 Å². The Balaban J connectivity index is 2.76. The van der Waals surface area contributed by atoms with Gasteiger partial charge in [-0.3, -0.25) is 0 Å². The van der Waals surface area contributed by atoms with Gasteiger partial charge in [0.15, 0.2) is 11.5 Å². The summed E-state index contributed by atoms with van der Waals surface area (Å²) in [4.78, 5) is 2.18. The number of phenolic OH excluding ortho intramolecular Hbond substituents is 1. The van der Waals surface area contributed by atoms with Crippen LogP contribution in [0, 0.1) is 0 Å². The maximum atomic E-state index is 9.85. The van der Waals surface area contributed by atoms with E-state index in [0.717, 1.165) is 25.1 Å². The van der Waals surface area contributed by atoms with Crippen LogP contribution in [0.3, 0.4) is 0 Å². The summed E-state index contributed by atoms with van der Waals surface area (Å²) in [6.07, 6.45) is 1.11. The standard InChI is InChI=1S/C12H19NO2/c1-4-8-13(2)9-10-6-5-7-11(15-3)12(10)14/h5-7,14H,4,8-9H2,1-3H3. The van der Waals surface area contributed by atoms with Crippen molar-refractivity contribution in [3.05, 3.63) is 23.8 Å². The first-order chi connectivity index (χ1) is 7.19. The van der Waals surface area contributed by atoms with Crippen molar-refractivity contribution in [1.82, 2.24) is 4.90 Å². The second-order valence-electron chi connectivity index (χ2n) is 3.71. The minimum absolute atomic E-state index is 0.253. The quantitative estimate of drug-likeness (QED) is 0.807. The summed E-state index contributed by atoms with van der Waals surface area (Å²) in [6.45, 7) is 3.91. The van der Waals surface area contributed by atoms with Gasteiger partial charge in [0.25, 0.3) is 0 Å². The number of nitrogens with zero attached hydrogens (tertiary/aromatic N) is 1. The third-order valence-corrected chi connectivity index (χ3v) is 2.35. The smallest absolute Gasteiger partial charge is 0.162 e. The summed E-state index contributed by atoms with van der Waals surface area (Å²) in [5.41, 5.74) is 0.908. The Morgan fingerprint density at radius 3 is 2.73 bits per heavy atom. The monoisotopic (exact) mass is 209 g/mol. The van der Waals surface area contributed by atoms with Gasteiger partial charge in [-0.1, -0.05) is 19.1 Å². The van der Waals surface area contributed by atoms with Crippen LogP contribution in [0.4, 0.5) is 0 Å². The van der Waals surface area contributed by atoms with Crippen LogP contribution in [0.5, 0.6) is 11.5 Å². The first-order valence-corrected chi connectivity index (χ1v) is 5.22. The van der Waals surface area contributed by atoms with Crippen molar-refractivity contribution < 1.29 is 9.84 Å². The molecule has 3 heteroatoms. The molecule has 0 bridgehead atoms. The summed E-state index contributed by atoms with van der Waals surface area (Å²) >= 11 is 0. The van der Waals surface area contributed by atoms with E-state index in [2.05, 4.69) is 11.8 Å². The van der Waals surface area contributed by atoms with Gasteiger partial charge in [0.05, 0.1) is 7.11 Å². The van der Waals surface area contributed by atoms with E-state index in [1.807, 2.05) is 19.2 Å². The van der Waals surface area contributed by atoms with E-state index < -0.39 is 0 Å². The molecule has 0 aliphatic heterocycles. The minimum atomic E-state index is 0.253. The number of aromatic hydroxyl groups is 1. The normalized spacial score (nSPS) is 10.7. The van der Waals surface area contributed by atoms with Gasteiger partial charge < -0.3 is 14.7 Å². The van der Waals surface area contributed by atoms with Gasteiger partial charge in [0.2, 0.25) is 0 Å². The zero-order valence-electron chi connectivity index (χ0n) is 9.66. The summed E-state index contributed by atoms with van der Waals surface area (Å²) in [5.74, 6) is 0.792. The van der Waals surface area contributed by atoms with E-state index in [0.29, 0.717) is 5.75 Å². The van der Waals surface area contributed by atoms with Gasteiger partial charge in [-0.05, 0) is 26.1 Å². The molecule has 1 aromatic rings. The van der Waals surface area contributed by atoms with E-state index in [-0.39, 0.29) is 5.75 Å². The summed E-state index contributed by atoms with van der Waals surface area (Å²) in [7, 11) is 3.61. The first-order valence-electron chi connectivity index (χ1n) is 5.22. The average Bonchev–Trinajstić information content (AvgIpc) is 2.21. The number of hydrogen-bond donors (Lipinski definition) is 1. The molecule has 15 heavy (non-hydrogen) atoms. The second kappa shape index (κ2) is 5.61. The predicted octanol–water partition coefficient (Wildman–Crippen LogP) is 2.24. The number of phenols is 1. The minimum Gasteiger partial charge on any atom is -0.504 e. The molecule has 0 amide bonds. The third kappa shape index (κ3) is 3.13.